The molecule has 19 heavy (non-hydrogen) atoms. The first-order valence-corrected chi connectivity index (χ1v) is 6.71. The van der Waals surface area contributed by atoms with Crippen molar-refractivity contribution in [3.63, 3.8) is 0 Å². The van der Waals surface area contributed by atoms with Crippen LogP contribution in [-0.2, 0) is 17.9 Å². The predicted molar refractivity (Wildman–Crippen MR) is 68.9 cm³/mol. The zero-order valence-corrected chi connectivity index (χ0v) is 11.0. The first kappa shape index (κ1) is 14.0. The van der Waals surface area contributed by atoms with Crippen LogP contribution in [0.3, 0.4) is 0 Å². The molecule has 1 fully saturated rings. The van der Waals surface area contributed by atoms with E-state index < -0.39 is 0 Å². The molecule has 106 valence electrons. The Hall–Kier alpha value is -1.47. The molecule has 2 atom stereocenters. The second kappa shape index (κ2) is 6.63. The number of carbonyl (C=O) groups excluding carboxylic acids is 1. The number of carbonyl (C=O) groups is 1. The van der Waals surface area contributed by atoms with Gasteiger partial charge >= 0.3 is 0 Å². The van der Waals surface area contributed by atoms with Crippen LogP contribution >= 0.6 is 0 Å². The van der Waals surface area contributed by atoms with Crippen molar-refractivity contribution in [1.82, 2.24) is 20.3 Å². The van der Waals surface area contributed by atoms with E-state index in [4.69, 9.17) is 5.73 Å². The van der Waals surface area contributed by atoms with Gasteiger partial charge in [0.2, 0.25) is 5.91 Å². The Labute approximate surface area is 112 Å². The van der Waals surface area contributed by atoms with Crippen molar-refractivity contribution in [3.05, 3.63) is 11.9 Å². The molecule has 7 heteroatoms. The van der Waals surface area contributed by atoms with Crippen molar-refractivity contribution in [1.29, 1.82) is 0 Å². The second-order valence-corrected chi connectivity index (χ2v) is 5.10. The summed E-state index contributed by atoms with van der Waals surface area (Å²) in [4.78, 5) is 11.7. The lowest BCUT2D eigenvalue weighted by Crippen LogP contribution is -2.34. The van der Waals surface area contributed by atoms with Gasteiger partial charge in [-0.05, 0) is 25.2 Å². The maximum absolute atomic E-state index is 11.7. The Morgan fingerprint density at radius 1 is 1.58 bits per heavy atom. The van der Waals surface area contributed by atoms with Gasteiger partial charge in [0, 0.05) is 13.1 Å². The smallest absolute Gasteiger partial charge is 0.241 e. The molecule has 0 radical (unpaired) electrons. The van der Waals surface area contributed by atoms with E-state index in [1.807, 2.05) is 0 Å². The van der Waals surface area contributed by atoms with Gasteiger partial charge in [-0.25, -0.2) is 4.68 Å². The summed E-state index contributed by atoms with van der Waals surface area (Å²) in [5, 5.41) is 20.1. The molecule has 1 heterocycles. The Kier molecular flexibility index (Phi) is 4.86. The van der Waals surface area contributed by atoms with E-state index >= 15 is 0 Å². The van der Waals surface area contributed by atoms with Crippen molar-refractivity contribution >= 4 is 5.91 Å². The highest BCUT2D eigenvalue weighted by Crippen LogP contribution is 2.23. The standard InChI is InChI=1S/C12H21N5O2/c13-5-10-7-17(16-15-10)8-12(19)14-6-9-2-1-3-11(18)4-9/h7,9,11,18H,1-6,8,13H2,(H,14,19). The fraction of sp³-hybridized carbons (Fsp3) is 0.750. The monoisotopic (exact) mass is 267 g/mol. The van der Waals surface area contributed by atoms with Gasteiger partial charge in [0.15, 0.2) is 0 Å². The fourth-order valence-electron chi connectivity index (χ4n) is 2.42. The summed E-state index contributed by atoms with van der Waals surface area (Å²) in [7, 11) is 0. The van der Waals surface area contributed by atoms with Crippen molar-refractivity contribution in [2.45, 2.75) is 44.9 Å². The molecule has 1 amide bonds. The van der Waals surface area contributed by atoms with Crippen molar-refractivity contribution in [3.8, 4) is 0 Å². The molecular formula is C12H21N5O2. The number of hydrogen-bond acceptors (Lipinski definition) is 5. The quantitative estimate of drug-likeness (QED) is 0.661. The van der Waals surface area contributed by atoms with Crippen LogP contribution in [0.15, 0.2) is 6.20 Å². The lowest BCUT2D eigenvalue weighted by atomic mass is 9.87. The fourth-order valence-corrected chi connectivity index (χ4v) is 2.42. The molecule has 2 rings (SSSR count). The van der Waals surface area contributed by atoms with Crippen molar-refractivity contribution in [2.75, 3.05) is 6.54 Å². The van der Waals surface area contributed by atoms with Gasteiger partial charge in [0.1, 0.15) is 6.54 Å². The molecule has 1 aliphatic carbocycles. The Balaban J connectivity index is 1.72. The number of nitrogens with one attached hydrogen (secondary N) is 1. The van der Waals surface area contributed by atoms with Crippen LogP contribution in [-0.4, -0.2) is 38.7 Å². The average molecular weight is 267 g/mol. The van der Waals surface area contributed by atoms with Crippen LogP contribution in [0.2, 0.25) is 0 Å². The van der Waals surface area contributed by atoms with E-state index in [1.54, 1.807) is 6.20 Å². The highest BCUT2D eigenvalue weighted by atomic mass is 16.3. The van der Waals surface area contributed by atoms with Gasteiger partial charge in [-0.15, -0.1) is 5.10 Å². The number of rotatable bonds is 5. The van der Waals surface area contributed by atoms with Gasteiger partial charge < -0.3 is 16.2 Å². The average Bonchev–Trinajstić information content (AvgIpc) is 2.84. The summed E-state index contributed by atoms with van der Waals surface area (Å²) >= 11 is 0. The lowest BCUT2D eigenvalue weighted by Gasteiger charge is -2.25. The molecule has 7 nitrogen and oxygen atoms in total. The zero-order valence-electron chi connectivity index (χ0n) is 11.0. The van der Waals surface area contributed by atoms with Gasteiger partial charge in [-0.1, -0.05) is 11.6 Å². The van der Waals surface area contributed by atoms with Gasteiger partial charge in [-0.3, -0.25) is 4.79 Å². The van der Waals surface area contributed by atoms with Crippen LogP contribution < -0.4 is 11.1 Å². The second-order valence-electron chi connectivity index (χ2n) is 5.10. The molecule has 2 unspecified atom stereocenters. The van der Waals surface area contributed by atoms with Gasteiger partial charge in [0.25, 0.3) is 0 Å². The summed E-state index contributed by atoms with van der Waals surface area (Å²) in [6.45, 7) is 1.10. The Bertz CT molecular complexity index is 420. The Morgan fingerprint density at radius 2 is 2.42 bits per heavy atom. The molecule has 0 aromatic carbocycles. The lowest BCUT2D eigenvalue weighted by molar-refractivity contribution is -0.122. The van der Waals surface area contributed by atoms with Crippen LogP contribution in [0.5, 0.6) is 0 Å². The van der Waals surface area contributed by atoms with Crippen LogP contribution in [0.25, 0.3) is 0 Å². The topological polar surface area (TPSA) is 106 Å². The van der Waals surface area contributed by atoms with Crippen LogP contribution in [0, 0.1) is 5.92 Å². The van der Waals surface area contributed by atoms with E-state index in [0.717, 1.165) is 25.7 Å². The molecule has 0 saturated heterocycles. The third-order valence-corrected chi connectivity index (χ3v) is 3.44. The summed E-state index contributed by atoms with van der Waals surface area (Å²) in [5.41, 5.74) is 6.09. The molecule has 1 aromatic rings. The maximum Gasteiger partial charge on any atom is 0.241 e. The van der Waals surface area contributed by atoms with Crippen molar-refractivity contribution in [2.24, 2.45) is 11.7 Å². The number of aliphatic hydroxyl groups excluding tert-OH is 1. The minimum Gasteiger partial charge on any atom is -0.393 e. The molecular weight excluding hydrogens is 246 g/mol. The molecule has 1 aliphatic rings. The third kappa shape index (κ3) is 4.29. The van der Waals surface area contributed by atoms with E-state index in [1.165, 1.54) is 4.68 Å². The van der Waals surface area contributed by atoms with Crippen LogP contribution in [0.1, 0.15) is 31.4 Å². The number of amides is 1. The SMILES string of the molecule is NCc1cn(CC(=O)NCC2CCCC(O)C2)nn1. The minimum atomic E-state index is -0.210. The third-order valence-electron chi connectivity index (χ3n) is 3.44. The van der Waals surface area contributed by atoms with E-state index in [9.17, 15) is 9.90 Å². The molecule has 0 spiro atoms. The van der Waals surface area contributed by atoms with Gasteiger partial charge in [0.05, 0.1) is 18.0 Å². The largest absolute Gasteiger partial charge is 0.393 e. The predicted octanol–water partition coefficient (Wildman–Crippen LogP) is -0.596. The highest BCUT2D eigenvalue weighted by molar-refractivity contribution is 5.75. The molecule has 4 N–H and O–H groups in total. The van der Waals surface area contributed by atoms with E-state index in [2.05, 4.69) is 15.6 Å². The first-order valence-electron chi connectivity index (χ1n) is 6.71. The van der Waals surface area contributed by atoms with E-state index in [0.29, 0.717) is 24.7 Å². The maximum atomic E-state index is 11.7. The zero-order chi connectivity index (χ0) is 13.7. The number of aromatic nitrogens is 3. The molecule has 1 aromatic heterocycles. The van der Waals surface area contributed by atoms with Crippen LogP contribution in [0.4, 0.5) is 0 Å². The summed E-state index contributed by atoms with van der Waals surface area (Å²) in [6, 6.07) is 0. The summed E-state index contributed by atoms with van der Waals surface area (Å²) in [5.74, 6) is 0.289. The van der Waals surface area contributed by atoms with Gasteiger partial charge in [-0.2, -0.15) is 0 Å². The van der Waals surface area contributed by atoms with E-state index in [-0.39, 0.29) is 18.6 Å². The summed E-state index contributed by atoms with van der Waals surface area (Å²) in [6.07, 6.45) is 5.22. The van der Waals surface area contributed by atoms with Crippen molar-refractivity contribution < 1.29 is 9.90 Å². The molecule has 0 bridgehead atoms. The first-order chi connectivity index (χ1) is 9.17. The normalized spacial score (nSPS) is 23.3. The summed E-state index contributed by atoms with van der Waals surface area (Å²) < 4.78 is 1.48. The number of aliphatic hydroxyl groups is 1. The minimum absolute atomic E-state index is 0.0893. The molecule has 1 saturated carbocycles. The number of nitrogens with zero attached hydrogens (tertiary/aromatic N) is 3. The molecule has 0 aliphatic heterocycles. The highest BCUT2D eigenvalue weighted by Gasteiger charge is 2.20. The number of hydrogen-bond donors (Lipinski definition) is 3. The Morgan fingerprint density at radius 3 is 3.11 bits per heavy atom. The number of nitrogens with two attached hydrogens (primary N) is 1.